The van der Waals surface area contributed by atoms with Crippen LogP contribution in [0.5, 0.6) is 0 Å². The van der Waals surface area contributed by atoms with Crippen molar-refractivity contribution in [2.75, 3.05) is 19.7 Å². The van der Waals surface area contributed by atoms with Crippen LogP contribution in [0, 0.1) is 5.92 Å². The molecule has 6 heteroatoms. The lowest BCUT2D eigenvalue weighted by Gasteiger charge is -2.35. The molecule has 0 radical (unpaired) electrons. The molecule has 24 heavy (non-hydrogen) atoms. The Hall–Kier alpha value is -1.14. The molecule has 0 saturated heterocycles. The van der Waals surface area contributed by atoms with Crippen molar-refractivity contribution >= 4 is 11.9 Å². The summed E-state index contributed by atoms with van der Waals surface area (Å²) < 4.78 is 10.9. The molecule has 2 atom stereocenters. The normalized spacial score (nSPS) is 15.1. The molecule has 0 aliphatic carbocycles. The van der Waals surface area contributed by atoms with Crippen LogP contribution in [-0.4, -0.2) is 58.9 Å². The van der Waals surface area contributed by atoms with Crippen LogP contribution in [0.2, 0.25) is 0 Å². The lowest BCUT2D eigenvalue weighted by Crippen LogP contribution is -2.51. The Kier molecular flexibility index (Phi) is 8.93. The third kappa shape index (κ3) is 9.23. The van der Waals surface area contributed by atoms with Gasteiger partial charge in [-0.05, 0) is 47.5 Å². The van der Waals surface area contributed by atoms with Gasteiger partial charge in [-0.1, -0.05) is 20.3 Å². The molecule has 142 valence electrons. The molecular formula is C18H35NO5. The summed E-state index contributed by atoms with van der Waals surface area (Å²) in [6.07, 6.45) is 0.750. The van der Waals surface area contributed by atoms with E-state index in [9.17, 15) is 14.7 Å². The highest BCUT2D eigenvalue weighted by Gasteiger charge is 2.35. The van der Waals surface area contributed by atoms with E-state index in [2.05, 4.69) is 0 Å². The highest BCUT2D eigenvalue weighted by atomic mass is 16.6. The number of rotatable bonds is 8. The summed E-state index contributed by atoms with van der Waals surface area (Å²) in [7, 11) is 0. The average molecular weight is 345 g/mol. The van der Waals surface area contributed by atoms with Gasteiger partial charge in [0.2, 0.25) is 0 Å². The SMILES string of the molecule is CC[C@H](C)[C@@H](C(=O)OC(C)(C)C)N(CCO)CC(=O)OC(C)(C)C. The predicted molar refractivity (Wildman–Crippen MR) is 93.6 cm³/mol. The van der Waals surface area contributed by atoms with Crippen LogP contribution in [-0.2, 0) is 19.1 Å². The van der Waals surface area contributed by atoms with Gasteiger partial charge in [0.25, 0.3) is 0 Å². The standard InChI is InChI=1S/C18H35NO5/c1-9-13(2)15(16(22)24-18(6,7)8)19(10-11-20)12-14(21)23-17(3,4)5/h13,15,20H,9-12H2,1-8H3/t13-,15-/m0/s1. The highest BCUT2D eigenvalue weighted by molar-refractivity contribution is 5.78. The van der Waals surface area contributed by atoms with Gasteiger partial charge in [-0.2, -0.15) is 0 Å². The minimum absolute atomic E-state index is 0.0196. The number of nitrogens with zero attached hydrogens (tertiary/aromatic N) is 1. The maximum absolute atomic E-state index is 12.6. The fourth-order valence-electron chi connectivity index (χ4n) is 2.31. The topological polar surface area (TPSA) is 76.1 Å². The van der Waals surface area contributed by atoms with Crippen LogP contribution in [0.25, 0.3) is 0 Å². The van der Waals surface area contributed by atoms with E-state index in [4.69, 9.17) is 9.47 Å². The van der Waals surface area contributed by atoms with Crippen LogP contribution in [0.3, 0.4) is 0 Å². The second-order valence-corrected chi connectivity index (χ2v) is 8.14. The van der Waals surface area contributed by atoms with Crippen molar-refractivity contribution in [2.24, 2.45) is 5.92 Å². The number of carbonyl (C=O) groups excluding carboxylic acids is 2. The largest absolute Gasteiger partial charge is 0.459 e. The first-order valence-electron chi connectivity index (χ1n) is 8.60. The van der Waals surface area contributed by atoms with Crippen LogP contribution in [0.4, 0.5) is 0 Å². The number of esters is 2. The molecule has 0 rings (SSSR count). The lowest BCUT2D eigenvalue weighted by atomic mass is 9.97. The Labute approximate surface area is 146 Å². The van der Waals surface area contributed by atoms with Gasteiger partial charge in [0.05, 0.1) is 13.2 Å². The molecule has 0 spiro atoms. The van der Waals surface area contributed by atoms with E-state index in [0.29, 0.717) is 0 Å². The van der Waals surface area contributed by atoms with E-state index >= 15 is 0 Å². The van der Waals surface area contributed by atoms with Gasteiger partial charge in [0.15, 0.2) is 0 Å². The predicted octanol–water partition coefficient (Wildman–Crippen LogP) is 2.38. The second-order valence-electron chi connectivity index (χ2n) is 8.14. The van der Waals surface area contributed by atoms with Gasteiger partial charge in [-0.3, -0.25) is 14.5 Å². The highest BCUT2D eigenvalue weighted by Crippen LogP contribution is 2.20. The van der Waals surface area contributed by atoms with Crippen LogP contribution >= 0.6 is 0 Å². The van der Waals surface area contributed by atoms with Gasteiger partial charge < -0.3 is 14.6 Å². The smallest absolute Gasteiger partial charge is 0.324 e. The van der Waals surface area contributed by atoms with Gasteiger partial charge in [0, 0.05) is 6.54 Å². The Bertz CT molecular complexity index is 409. The molecule has 1 N–H and O–H groups in total. The van der Waals surface area contributed by atoms with Crippen molar-refractivity contribution in [3.05, 3.63) is 0 Å². The second kappa shape index (κ2) is 9.37. The number of hydrogen-bond donors (Lipinski definition) is 1. The Balaban J connectivity index is 5.32. The molecule has 0 aliphatic heterocycles. The summed E-state index contributed by atoms with van der Waals surface area (Å²) in [6.45, 7) is 14.7. The molecule has 0 unspecified atom stereocenters. The number of hydrogen-bond acceptors (Lipinski definition) is 6. The van der Waals surface area contributed by atoms with Crippen LogP contribution < -0.4 is 0 Å². The zero-order valence-corrected chi connectivity index (χ0v) is 16.5. The molecule has 0 heterocycles. The summed E-state index contributed by atoms with van der Waals surface area (Å²) in [5, 5.41) is 9.35. The van der Waals surface area contributed by atoms with Crippen molar-refractivity contribution in [2.45, 2.75) is 79.1 Å². The first-order valence-corrected chi connectivity index (χ1v) is 8.60. The summed E-state index contributed by atoms with van der Waals surface area (Å²) in [5.41, 5.74) is -1.21. The molecule has 0 aromatic heterocycles. The molecular weight excluding hydrogens is 310 g/mol. The zero-order chi connectivity index (χ0) is 19.1. The van der Waals surface area contributed by atoms with Crippen molar-refractivity contribution in [1.29, 1.82) is 0 Å². The van der Waals surface area contributed by atoms with Gasteiger partial charge in [-0.15, -0.1) is 0 Å². The first-order chi connectivity index (χ1) is 10.8. The summed E-state index contributed by atoms with van der Waals surface area (Å²) in [5.74, 6) is -0.824. The molecule has 0 fully saturated rings. The minimum Gasteiger partial charge on any atom is -0.459 e. The van der Waals surface area contributed by atoms with Crippen molar-refractivity contribution in [1.82, 2.24) is 4.90 Å². The fourth-order valence-corrected chi connectivity index (χ4v) is 2.31. The van der Waals surface area contributed by atoms with Crippen molar-refractivity contribution < 1.29 is 24.2 Å². The van der Waals surface area contributed by atoms with Crippen LogP contribution in [0.1, 0.15) is 61.8 Å². The summed E-state index contributed by atoms with van der Waals surface area (Å²) in [6, 6.07) is -0.603. The van der Waals surface area contributed by atoms with Gasteiger partial charge >= 0.3 is 11.9 Å². The number of aliphatic hydroxyl groups excluding tert-OH is 1. The van der Waals surface area contributed by atoms with E-state index < -0.39 is 23.2 Å². The maximum Gasteiger partial charge on any atom is 0.324 e. The monoisotopic (exact) mass is 345 g/mol. The number of ether oxygens (including phenoxy) is 2. The quantitative estimate of drug-likeness (QED) is 0.681. The molecule has 0 aliphatic rings. The van der Waals surface area contributed by atoms with Crippen molar-refractivity contribution in [3.8, 4) is 0 Å². The van der Waals surface area contributed by atoms with E-state index in [0.717, 1.165) is 6.42 Å². The lowest BCUT2D eigenvalue weighted by molar-refractivity contribution is -0.167. The van der Waals surface area contributed by atoms with E-state index in [1.165, 1.54) is 0 Å². The molecule has 6 nitrogen and oxygen atoms in total. The number of carbonyl (C=O) groups is 2. The average Bonchev–Trinajstić information content (AvgIpc) is 2.34. The molecule has 0 aromatic rings. The van der Waals surface area contributed by atoms with Gasteiger partial charge in [0.1, 0.15) is 17.2 Å². The molecule has 0 bridgehead atoms. The molecule has 0 saturated carbocycles. The first kappa shape index (κ1) is 22.9. The molecule has 0 amide bonds. The summed E-state index contributed by atoms with van der Waals surface area (Å²) >= 11 is 0. The maximum atomic E-state index is 12.6. The van der Waals surface area contributed by atoms with E-state index in [-0.39, 0.29) is 31.6 Å². The third-order valence-electron chi connectivity index (χ3n) is 3.36. The Morgan fingerprint density at radius 2 is 1.54 bits per heavy atom. The zero-order valence-electron chi connectivity index (χ0n) is 16.5. The summed E-state index contributed by atoms with van der Waals surface area (Å²) in [4.78, 5) is 26.5. The minimum atomic E-state index is -0.612. The molecule has 0 aromatic carbocycles. The van der Waals surface area contributed by atoms with E-state index in [1.54, 1.807) is 25.7 Å². The fraction of sp³-hybridized carbons (Fsp3) is 0.889. The Morgan fingerprint density at radius 3 is 1.92 bits per heavy atom. The number of aliphatic hydroxyl groups is 1. The van der Waals surface area contributed by atoms with Crippen molar-refractivity contribution in [3.63, 3.8) is 0 Å². The third-order valence-corrected chi connectivity index (χ3v) is 3.36. The van der Waals surface area contributed by atoms with Crippen LogP contribution in [0.15, 0.2) is 0 Å². The van der Waals surface area contributed by atoms with E-state index in [1.807, 2.05) is 34.6 Å². The Morgan fingerprint density at radius 1 is 1.04 bits per heavy atom. The van der Waals surface area contributed by atoms with Gasteiger partial charge in [-0.25, -0.2) is 0 Å².